The molecule has 1 unspecified atom stereocenters. The van der Waals surface area contributed by atoms with Crippen molar-refractivity contribution in [3.8, 4) is 0 Å². The van der Waals surface area contributed by atoms with Gasteiger partial charge in [-0.2, -0.15) is 5.21 Å². The third kappa shape index (κ3) is 1.58. The van der Waals surface area contributed by atoms with Gasteiger partial charge in [0.25, 0.3) is 0 Å². The number of carbonyl (C=O) groups excluding carboxylic acids is 1. The van der Waals surface area contributed by atoms with Gasteiger partial charge in [0, 0.05) is 0 Å². The summed E-state index contributed by atoms with van der Waals surface area (Å²) in [7, 11) is 1.34. The fourth-order valence-corrected chi connectivity index (χ4v) is 0.914. The summed E-state index contributed by atoms with van der Waals surface area (Å²) in [6, 6.07) is 0. The van der Waals surface area contributed by atoms with Crippen LogP contribution in [0.1, 0.15) is 25.1 Å². The first kappa shape index (κ1) is 8.63. The van der Waals surface area contributed by atoms with Crippen molar-refractivity contribution in [2.24, 2.45) is 0 Å². The Morgan fingerprint density at radius 3 is 2.92 bits per heavy atom. The lowest BCUT2D eigenvalue weighted by Crippen LogP contribution is -2.14. The van der Waals surface area contributed by atoms with Crippen LogP contribution in [0.3, 0.4) is 0 Å². The second kappa shape index (κ2) is 3.80. The number of nitrogens with one attached hydrogen (secondary N) is 1. The summed E-state index contributed by atoms with van der Waals surface area (Å²) < 4.78 is 4.57. The zero-order valence-electron chi connectivity index (χ0n) is 6.94. The summed E-state index contributed by atoms with van der Waals surface area (Å²) in [4.78, 5) is 11.1. The fraction of sp³-hybridized carbons (Fsp3) is 0.667. The number of ether oxygens (including phenoxy) is 1. The molecular weight excluding hydrogens is 160 g/mol. The number of aromatic nitrogens is 4. The van der Waals surface area contributed by atoms with Crippen LogP contribution in [0, 0.1) is 0 Å². The van der Waals surface area contributed by atoms with Crippen molar-refractivity contribution in [2.45, 2.75) is 19.3 Å². The SMILES string of the molecule is CCC(C(=O)OC)c1nn[nH]n1. The van der Waals surface area contributed by atoms with Gasteiger partial charge < -0.3 is 4.74 Å². The van der Waals surface area contributed by atoms with Crippen LogP contribution in [0.15, 0.2) is 0 Å². The molecule has 1 N–H and O–H groups in total. The number of carbonyl (C=O) groups is 1. The van der Waals surface area contributed by atoms with E-state index in [0.717, 1.165) is 0 Å². The minimum Gasteiger partial charge on any atom is -0.468 e. The second-order valence-corrected chi connectivity index (χ2v) is 2.25. The Kier molecular flexibility index (Phi) is 2.73. The Labute approximate surface area is 69.3 Å². The van der Waals surface area contributed by atoms with E-state index in [1.807, 2.05) is 6.92 Å². The molecule has 0 aliphatic rings. The minimum atomic E-state index is -0.409. The normalized spacial score (nSPS) is 12.5. The van der Waals surface area contributed by atoms with Crippen LogP contribution in [0.25, 0.3) is 0 Å². The van der Waals surface area contributed by atoms with Gasteiger partial charge in [0.1, 0.15) is 5.92 Å². The highest BCUT2D eigenvalue weighted by atomic mass is 16.5. The summed E-state index contributed by atoms with van der Waals surface area (Å²) in [5.74, 6) is -0.364. The molecule has 0 aliphatic heterocycles. The molecule has 1 atom stereocenters. The van der Waals surface area contributed by atoms with Crippen LogP contribution < -0.4 is 0 Å². The molecule has 1 aromatic rings. The zero-order chi connectivity index (χ0) is 8.97. The van der Waals surface area contributed by atoms with Crippen molar-refractivity contribution >= 4 is 5.97 Å². The van der Waals surface area contributed by atoms with E-state index in [0.29, 0.717) is 12.2 Å². The number of hydrogen-bond acceptors (Lipinski definition) is 5. The molecule has 0 aromatic carbocycles. The smallest absolute Gasteiger partial charge is 0.316 e. The third-order valence-electron chi connectivity index (χ3n) is 1.57. The number of methoxy groups -OCH3 is 1. The van der Waals surface area contributed by atoms with Crippen LogP contribution in [-0.2, 0) is 9.53 Å². The average Bonchev–Trinajstić information content (AvgIpc) is 2.58. The van der Waals surface area contributed by atoms with E-state index in [1.54, 1.807) is 0 Å². The maximum absolute atomic E-state index is 11.1. The molecule has 0 saturated carbocycles. The van der Waals surface area contributed by atoms with Crippen molar-refractivity contribution in [2.75, 3.05) is 7.11 Å². The Morgan fingerprint density at radius 1 is 1.75 bits per heavy atom. The quantitative estimate of drug-likeness (QED) is 0.639. The molecule has 0 bridgehead atoms. The van der Waals surface area contributed by atoms with Gasteiger partial charge >= 0.3 is 5.97 Å². The van der Waals surface area contributed by atoms with Crippen LogP contribution in [0.4, 0.5) is 0 Å². The van der Waals surface area contributed by atoms with Crippen LogP contribution >= 0.6 is 0 Å². The van der Waals surface area contributed by atoms with Gasteiger partial charge in [-0.15, -0.1) is 10.2 Å². The standard InChI is InChI=1S/C6H10N4O2/c1-3-4(6(11)12-2)5-7-9-10-8-5/h4H,3H2,1-2H3,(H,7,8,9,10). The van der Waals surface area contributed by atoms with Crippen molar-refractivity contribution in [3.63, 3.8) is 0 Å². The predicted octanol–water partition coefficient (Wildman–Crippen LogP) is -0.134. The molecule has 6 nitrogen and oxygen atoms in total. The number of aromatic amines is 1. The van der Waals surface area contributed by atoms with Gasteiger partial charge in [-0.3, -0.25) is 4.79 Å². The summed E-state index contributed by atoms with van der Waals surface area (Å²) in [5, 5.41) is 13.1. The Bertz CT molecular complexity index is 246. The summed E-state index contributed by atoms with van der Waals surface area (Å²) in [6.45, 7) is 1.86. The van der Waals surface area contributed by atoms with Gasteiger partial charge in [0.2, 0.25) is 0 Å². The molecular formula is C6H10N4O2. The molecule has 0 radical (unpaired) electrons. The second-order valence-electron chi connectivity index (χ2n) is 2.25. The molecule has 66 valence electrons. The summed E-state index contributed by atoms with van der Waals surface area (Å²) in [6.07, 6.45) is 0.603. The van der Waals surface area contributed by atoms with E-state index in [1.165, 1.54) is 7.11 Å². The average molecular weight is 170 g/mol. The summed E-state index contributed by atoms with van der Waals surface area (Å²) in [5.41, 5.74) is 0. The molecule has 0 spiro atoms. The first-order valence-electron chi connectivity index (χ1n) is 3.60. The van der Waals surface area contributed by atoms with Crippen molar-refractivity contribution in [1.82, 2.24) is 20.6 Å². The number of rotatable bonds is 3. The minimum absolute atomic E-state index is 0.334. The zero-order valence-corrected chi connectivity index (χ0v) is 6.94. The van der Waals surface area contributed by atoms with Gasteiger partial charge in [0.05, 0.1) is 7.11 Å². The molecule has 0 amide bonds. The maximum Gasteiger partial charge on any atom is 0.316 e. The lowest BCUT2D eigenvalue weighted by atomic mass is 10.1. The van der Waals surface area contributed by atoms with E-state index in [4.69, 9.17) is 0 Å². The van der Waals surface area contributed by atoms with Crippen molar-refractivity contribution in [3.05, 3.63) is 5.82 Å². The van der Waals surface area contributed by atoms with Crippen LogP contribution in [0.5, 0.6) is 0 Å². The molecule has 6 heteroatoms. The Balaban J connectivity index is 2.76. The van der Waals surface area contributed by atoms with E-state index in [2.05, 4.69) is 25.4 Å². The molecule has 1 rings (SSSR count). The van der Waals surface area contributed by atoms with Crippen LogP contribution in [-0.4, -0.2) is 33.7 Å². The van der Waals surface area contributed by atoms with Crippen molar-refractivity contribution < 1.29 is 9.53 Å². The lowest BCUT2D eigenvalue weighted by Gasteiger charge is -2.06. The predicted molar refractivity (Wildman–Crippen MR) is 39.2 cm³/mol. The molecule has 1 aromatic heterocycles. The Hall–Kier alpha value is -1.46. The highest BCUT2D eigenvalue weighted by Gasteiger charge is 2.23. The van der Waals surface area contributed by atoms with E-state index in [-0.39, 0.29) is 5.97 Å². The van der Waals surface area contributed by atoms with Crippen LogP contribution in [0.2, 0.25) is 0 Å². The number of hydrogen-bond donors (Lipinski definition) is 1. The highest BCUT2D eigenvalue weighted by Crippen LogP contribution is 2.14. The maximum atomic E-state index is 11.1. The third-order valence-corrected chi connectivity index (χ3v) is 1.57. The van der Waals surface area contributed by atoms with E-state index >= 15 is 0 Å². The van der Waals surface area contributed by atoms with Gasteiger partial charge in [-0.05, 0) is 6.42 Å². The van der Waals surface area contributed by atoms with Gasteiger partial charge in [-0.1, -0.05) is 12.1 Å². The highest BCUT2D eigenvalue weighted by molar-refractivity contribution is 5.76. The number of tetrazole rings is 1. The number of nitrogens with zero attached hydrogens (tertiary/aromatic N) is 3. The van der Waals surface area contributed by atoms with Gasteiger partial charge in [0.15, 0.2) is 5.82 Å². The molecule has 0 aliphatic carbocycles. The Morgan fingerprint density at radius 2 is 2.50 bits per heavy atom. The topological polar surface area (TPSA) is 80.8 Å². The molecule has 12 heavy (non-hydrogen) atoms. The molecule has 0 saturated heterocycles. The fourth-order valence-electron chi connectivity index (χ4n) is 0.914. The first-order valence-corrected chi connectivity index (χ1v) is 3.60. The van der Waals surface area contributed by atoms with E-state index < -0.39 is 5.92 Å². The van der Waals surface area contributed by atoms with Crippen molar-refractivity contribution in [1.29, 1.82) is 0 Å². The molecule has 0 fully saturated rings. The van der Waals surface area contributed by atoms with E-state index in [9.17, 15) is 4.79 Å². The largest absolute Gasteiger partial charge is 0.468 e. The number of esters is 1. The van der Waals surface area contributed by atoms with Gasteiger partial charge in [-0.25, -0.2) is 0 Å². The monoisotopic (exact) mass is 170 g/mol. The first-order chi connectivity index (χ1) is 5.79. The lowest BCUT2D eigenvalue weighted by molar-refractivity contribution is -0.142. The summed E-state index contributed by atoms with van der Waals surface area (Å²) >= 11 is 0. The number of H-pyrrole nitrogens is 1. The molecule has 1 heterocycles.